The molecule has 96 valence electrons. The van der Waals surface area contributed by atoms with Gasteiger partial charge in [0.15, 0.2) is 0 Å². The highest BCUT2D eigenvalue weighted by molar-refractivity contribution is 5.89. The van der Waals surface area contributed by atoms with Crippen LogP contribution < -0.4 is 11.1 Å². The van der Waals surface area contributed by atoms with Gasteiger partial charge in [0, 0.05) is 12.0 Å². The highest BCUT2D eigenvalue weighted by Gasteiger charge is 2.49. The van der Waals surface area contributed by atoms with E-state index in [4.69, 9.17) is 5.73 Å². The fraction of sp³-hybridized carbons (Fsp3) is 0.500. The van der Waals surface area contributed by atoms with Crippen LogP contribution in [-0.4, -0.2) is 18.0 Å². The minimum Gasteiger partial charge on any atom is -0.354 e. The van der Waals surface area contributed by atoms with Gasteiger partial charge in [0.1, 0.15) is 5.82 Å². The van der Waals surface area contributed by atoms with Crippen LogP contribution in [-0.2, 0) is 10.2 Å². The lowest BCUT2D eigenvalue weighted by atomic mass is 9.96. The Morgan fingerprint density at radius 2 is 1.83 bits per heavy atom. The summed E-state index contributed by atoms with van der Waals surface area (Å²) in [5.41, 5.74) is 6.34. The van der Waals surface area contributed by atoms with Gasteiger partial charge in [-0.05, 0) is 43.4 Å². The van der Waals surface area contributed by atoms with E-state index in [2.05, 4.69) is 5.32 Å². The van der Waals surface area contributed by atoms with Crippen LogP contribution in [0.4, 0.5) is 4.39 Å². The number of rotatable bonds is 4. The Labute approximate surface area is 106 Å². The molecule has 1 aromatic rings. The van der Waals surface area contributed by atoms with Gasteiger partial charge in [-0.25, -0.2) is 4.39 Å². The highest BCUT2D eigenvalue weighted by Crippen LogP contribution is 2.47. The van der Waals surface area contributed by atoms with Gasteiger partial charge < -0.3 is 11.1 Å². The van der Waals surface area contributed by atoms with Gasteiger partial charge in [-0.2, -0.15) is 0 Å². The molecule has 1 amide bonds. The molecule has 18 heavy (non-hydrogen) atoms. The number of nitrogens with one attached hydrogen (secondary N) is 1. The summed E-state index contributed by atoms with van der Waals surface area (Å²) in [6.07, 6.45) is 3.64. The van der Waals surface area contributed by atoms with Crippen molar-refractivity contribution in [2.24, 2.45) is 5.73 Å². The predicted molar refractivity (Wildman–Crippen MR) is 66.5 cm³/mol. The maximum atomic E-state index is 12.9. The van der Waals surface area contributed by atoms with E-state index >= 15 is 0 Å². The molecular weight excluding hydrogens is 231 g/mol. The van der Waals surface area contributed by atoms with E-state index in [1.807, 2.05) is 12.1 Å². The summed E-state index contributed by atoms with van der Waals surface area (Å²) < 4.78 is 12.9. The van der Waals surface area contributed by atoms with Gasteiger partial charge in [0.2, 0.25) is 5.91 Å². The molecule has 0 saturated heterocycles. The first kappa shape index (κ1) is 11.7. The Bertz CT molecular complexity index is 475. The lowest BCUT2D eigenvalue weighted by molar-refractivity contribution is -0.123. The van der Waals surface area contributed by atoms with Gasteiger partial charge in [-0.1, -0.05) is 12.1 Å². The van der Waals surface area contributed by atoms with Crippen LogP contribution in [0.25, 0.3) is 0 Å². The summed E-state index contributed by atoms with van der Waals surface area (Å²) in [7, 11) is 0. The molecule has 0 aromatic heterocycles. The van der Waals surface area contributed by atoms with Crippen molar-refractivity contribution in [2.45, 2.75) is 36.6 Å². The average molecular weight is 248 g/mol. The molecule has 3 rings (SSSR count). The third-order valence-corrected chi connectivity index (χ3v) is 4.14. The van der Waals surface area contributed by atoms with Crippen LogP contribution in [0, 0.1) is 5.82 Å². The van der Waals surface area contributed by atoms with Crippen LogP contribution in [0.3, 0.4) is 0 Å². The first-order valence-corrected chi connectivity index (χ1v) is 6.37. The molecule has 0 spiro atoms. The van der Waals surface area contributed by atoms with E-state index in [9.17, 15) is 9.18 Å². The molecule has 2 aliphatic rings. The maximum absolute atomic E-state index is 12.9. The predicted octanol–water partition coefficient (Wildman–Crippen LogP) is 1.46. The number of carbonyl (C=O) groups excluding carboxylic acids is 1. The number of hydrogen-bond donors (Lipinski definition) is 2. The van der Waals surface area contributed by atoms with E-state index in [0.29, 0.717) is 6.54 Å². The molecule has 2 aliphatic carbocycles. The van der Waals surface area contributed by atoms with Crippen molar-refractivity contribution in [1.82, 2.24) is 5.32 Å². The Hall–Kier alpha value is -1.42. The van der Waals surface area contributed by atoms with Crippen LogP contribution in [0.2, 0.25) is 0 Å². The molecule has 0 radical (unpaired) electrons. The summed E-state index contributed by atoms with van der Waals surface area (Å²) in [5, 5.41) is 2.94. The molecule has 4 heteroatoms. The molecule has 2 fully saturated rings. The van der Waals surface area contributed by atoms with Crippen LogP contribution in [0.15, 0.2) is 24.3 Å². The highest BCUT2D eigenvalue weighted by atomic mass is 19.1. The second kappa shape index (κ2) is 3.79. The Kier molecular flexibility index (Phi) is 2.45. The van der Waals surface area contributed by atoms with Crippen LogP contribution >= 0.6 is 0 Å². The number of hydrogen-bond acceptors (Lipinski definition) is 2. The maximum Gasteiger partial charge on any atom is 0.240 e. The van der Waals surface area contributed by atoms with Gasteiger partial charge in [-0.3, -0.25) is 4.79 Å². The number of benzene rings is 1. The van der Waals surface area contributed by atoms with Crippen LogP contribution in [0.5, 0.6) is 0 Å². The Morgan fingerprint density at radius 1 is 1.22 bits per heavy atom. The van der Waals surface area contributed by atoms with Crippen molar-refractivity contribution < 1.29 is 9.18 Å². The van der Waals surface area contributed by atoms with Crippen molar-refractivity contribution in [3.63, 3.8) is 0 Å². The number of carbonyl (C=O) groups is 1. The number of halogens is 1. The lowest BCUT2D eigenvalue weighted by Gasteiger charge is -2.18. The SMILES string of the molecule is NC1(C(=O)NCC2(c3ccc(F)cc3)CC2)CC1. The third-order valence-electron chi connectivity index (χ3n) is 4.14. The molecule has 0 aliphatic heterocycles. The summed E-state index contributed by atoms with van der Waals surface area (Å²) in [4.78, 5) is 11.8. The largest absolute Gasteiger partial charge is 0.354 e. The fourth-order valence-corrected chi connectivity index (χ4v) is 2.31. The van der Waals surface area contributed by atoms with E-state index in [1.165, 1.54) is 12.1 Å². The molecule has 3 nitrogen and oxygen atoms in total. The van der Waals surface area contributed by atoms with E-state index in [1.54, 1.807) is 0 Å². The van der Waals surface area contributed by atoms with E-state index in [0.717, 1.165) is 31.2 Å². The smallest absolute Gasteiger partial charge is 0.240 e. The zero-order valence-electron chi connectivity index (χ0n) is 10.2. The third kappa shape index (κ3) is 2.01. The van der Waals surface area contributed by atoms with Crippen LogP contribution in [0.1, 0.15) is 31.2 Å². The van der Waals surface area contributed by atoms with Crippen molar-refractivity contribution in [3.05, 3.63) is 35.6 Å². The molecular formula is C14H17FN2O. The monoisotopic (exact) mass is 248 g/mol. The topological polar surface area (TPSA) is 55.1 Å². The summed E-state index contributed by atoms with van der Waals surface area (Å²) in [6, 6.07) is 6.57. The molecule has 3 N–H and O–H groups in total. The standard InChI is InChI=1S/C14H17FN2O/c15-11-3-1-10(2-4-11)13(5-6-13)9-17-12(18)14(16)7-8-14/h1-4H,5-9,16H2,(H,17,18). The Balaban J connectivity index is 1.65. The lowest BCUT2D eigenvalue weighted by Crippen LogP contribution is -2.45. The normalized spacial score (nSPS) is 22.3. The Morgan fingerprint density at radius 3 is 2.33 bits per heavy atom. The summed E-state index contributed by atoms with van der Waals surface area (Å²) >= 11 is 0. The molecule has 2 saturated carbocycles. The number of nitrogens with two attached hydrogens (primary N) is 1. The van der Waals surface area contributed by atoms with E-state index in [-0.39, 0.29) is 17.1 Å². The average Bonchev–Trinajstić information content (AvgIpc) is 3.25. The summed E-state index contributed by atoms with van der Waals surface area (Å²) in [5.74, 6) is -0.270. The minimum atomic E-state index is -0.612. The second-order valence-corrected chi connectivity index (χ2v) is 5.63. The molecule has 0 bridgehead atoms. The van der Waals surface area contributed by atoms with Gasteiger partial charge in [0.25, 0.3) is 0 Å². The van der Waals surface area contributed by atoms with Crippen molar-refractivity contribution >= 4 is 5.91 Å². The van der Waals surface area contributed by atoms with Gasteiger partial charge in [0.05, 0.1) is 5.54 Å². The minimum absolute atomic E-state index is 0.00854. The van der Waals surface area contributed by atoms with E-state index < -0.39 is 5.54 Å². The first-order chi connectivity index (χ1) is 8.54. The quantitative estimate of drug-likeness (QED) is 0.847. The molecule has 0 atom stereocenters. The van der Waals surface area contributed by atoms with Crippen molar-refractivity contribution in [2.75, 3.05) is 6.54 Å². The van der Waals surface area contributed by atoms with Gasteiger partial charge in [-0.15, -0.1) is 0 Å². The molecule has 0 unspecified atom stereocenters. The first-order valence-electron chi connectivity index (χ1n) is 6.37. The van der Waals surface area contributed by atoms with Gasteiger partial charge >= 0.3 is 0 Å². The number of amides is 1. The zero-order valence-corrected chi connectivity index (χ0v) is 10.2. The zero-order chi connectivity index (χ0) is 12.8. The van der Waals surface area contributed by atoms with Crippen molar-refractivity contribution in [1.29, 1.82) is 0 Å². The molecule has 0 heterocycles. The fourth-order valence-electron chi connectivity index (χ4n) is 2.31. The second-order valence-electron chi connectivity index (χ2n) is 5.63. The van der Waals surface area contributed by atoms with Crippen molar-refractivity contribution in [3.8, 4) is 0 Å². The molecule has 1 aromatic carbocycles. The summed E-state index contributed by atoms with van der Waals surface area (Å²) in [6.45, 7) is 0.608.